The number of benzene rings is 3. The molecule has 0 fully saturated rings. The number of rotatable bonds is 9. The van der Waals surface area contributed by atoms with E-state index in [0.717, 1.165) is 58.6 Å². The predicted octanol–water partition coefficient (Wildman–Crippen LogP) is 5.76. The fourth-order valence-corrected chi connectivity index (χ4v) is 4.57. The molecule has 7 nitrogen and oxygen atoms in total. The minimum atomic E-state index is -0.841. The molecule has 5 aromatic rings. The van der Waals surface area contributed by atoms with Crippen molar-refractivity contribution < 1.29 is 9.90 Å². The van der Waals surface area contributed by atoms with Crippen molar-refractivity contribution in [2.45, 2.75) is 39.2 Å². The number of carbonyl (C=O) groups is 1. The SMILES string of the molecule is CCCCc1nc2c(N)nc(-c3ccccc3)nc2n1Cc1ccc(-c2ccccc2CC(=O)O)cc1. The van der Waals surface area contributed by atoms with Gasteiger partial charge in [0.1, 0.15) is 5.82 Å². The Labute approximate surface area is 215 Å². The average molecular weight is 492 g/mol. The number of anilines is 1. The van der Waals surface area contributed by atoms with E-state index in [1.165, 1.54) is 0 Å². The van der Waals surface area contributed by atoms with Gasteiger partial charge >= 0.3 is 5.97 Å². The lowest BCUT2D eigenvalue weighted by Crippen LogP contribution is -2.07. The van der Waals surface area contributed by atoms with Gasteiger partial charge in [-0.2, -0.15) is 0 Å². The van der Waals surface area contributed by atoms with Gasteiger partial charge in [-0.25, -0.2) is 15.0 Å². The molecule has 0 saturated carbocycles. The number of aromatic nitrogens is 4. The van der Waals surface area contributed by atoms with E-state index in [4.69, 9.17) is 15.7 Å². The maximum atomic E-state index is 11.3. The third kappa shape index (κ3) is 5.21. The van der Waals surface area contributed by atoms with Gasteiger partial charge in [0, 0.05) is 12.0 Å². The largest absolute Gasteiger partial charge is 0.481 e. The summed E-state index contributed by atoms with van der Waals surface area (Å²) in [5.41, 5.74) is 12.4. The standard InChI is InChI=1S/C30H29N5O2/c1-2-3-13-25-32-27-28(31)33-29(22-9-5-4-6-10-22)34-30(27)35(25)19-20-14-16-21(17-15-20)24-12-8-7-11-23(24)18-26(36)37/h4-12,14-17H,2-3,13,18-19H2,1H3,(H,36,37)(H2,31,33,34). The van der Waals surface area contributed by atoms with Crippen molar-refractivity contribution >= 4 is 23.0 Å². The van der Waals surface area contributed by atoms with Crippen LogP contribution in [0.3, 0.4) is 0 Å². The molecule has 0 amide bonds. The van der Waals surface area contributed by atoms with Gasteiger partial charge in [0.15, 0.2) is 22.8 Å². The number of nitrogen functional groups attached to an aromatic ring is 1. The molecule has 0 saturated heterocycles. The summed E-state index contributed by atoms with van der Waals surface area (Å²) in [7, 11) is 0. The Kier molecular flexibility index (Phi) is 6.94. The zero-order chi connectivity index (χ0) is 25.8. The number of aryl methyl sites for hydroxylation is 1. The maximum absolute atomic E-state index is 11.3. The second kappa shape index (κ2) is 10.6. The summed E-state index contributed by atoms with van der Waals surface area (Å²) in [4.78, 5) is 25.6. The number of imidazole rings is 1. The molecule has 3 aromatic carbocycles. The van der Waals surface area contributed by atoms with E-state index in [1.807, 2.05) is 66.7 Å². The molecule has 0 bridgehead atoms. The molecule has 5 rings (SSSR count). The first-order valence-corrected chi connectivity index (χ1v) is 12.5. The monoisotopic (exact) mass is 491 g/mol. The van der Waals surface area contributed by atoms with Crippen molar-refractivity contribution in [3.8, 4) is 22.5 Å². The highest BCUT2D eigenvalue weighted by Crippen LogP contribution is 2.27. The molecule has 2 heterocycles. The number of carboxylic acids is 1. The van der Waals surface area contributed by atoms with Crippen molar-refractivity contribution in [2.75, 3.05) is 5.73 Å². The van der Waals surface area contributed by atoms with Crippen molar-refractivity contribution in [3.05, 3.63) is 95.8 Å². The van der Waals surface area contributed by atoms with Crippen LogP contribution in [-0.4, -0.2) is 30.6 Å². The van der Waals surface area contributed by atoms with Crippen LogP contribution in [0.4, 0.5) is 5.82 Å². The third-order valence-electron chi connectivity index (χ3n) is 6.45. The second-order valence-corrected chi connectivity index (χ2v) is 9.11. The number of nitrogens with zero attached hydrogens (tertiary/aromatic N) is 4. The second-order valence-electron chi connectivity index (χ2n) is 9.11. The molecule has 0 spiro atoms. The van der Waals surface area contributed by atoms with E-state index < -0.39 is 5.97 Å². The molecule has 0 aliphatic carbocycles. The van der Waals surface area contributed by atoms with Crippen LogP contribution in [0.15, 0.2) is 78.9 Å². The molecule has 2 aromatic heterocycles. The summed E-state index contributed by atoms with van der Waals surface area (Å²) >= 11 is 0. The molecule has 37 heavy (non-hydrogen) atoms. The topological polar surface area (TPSA) is 107 Å². The van der Waals surface area contributed by atoms with Crippen LogP contribution < -0.4 is 5.73 Å². The van der Waals surface area contributed by atoms with Gasteiger partial charge in [0.25, 0.3) is 0 Å². The van der Waals surface area contributed by atoms with Crippen molar-refractivity contribution in [1.82, 2.24) is 19.5 Å². The Hall–Kier alpha value is -4.52. The Morgan fingerprint density at radius 1 is 0.892 bits per heavy atom. The zero-order valence-electron chi connectivity index (χ0n) is 20.8. The molecular weight excluding hydrogens is 462 g/mol. The van der Waals surface area contributed by atoms with Crippen LogP contribution in [-0.2, 0) is 24.2 Å². The van der Waals surface area contributed by atoms with Gasteiger partial charge in [-0.15, -0.1) is 0 Å². The first-order chi connectivity index (χ1) is 18.0. The minimum absolute atomic E-state index is 0.00931. The summed E-state index contributed by atoms with van der Waals surface area (Å²) in [6, 6.07) is 25.7. The van der Waals surface area contributed by atoms with E-state index in [9.17, 15) is 9.90 Å². The fourth-order valence-electron chi connectivity index (χ4n) is 4.57. The first-order valence-electron chi connectivity index (χ1n) is 12.5. The molecule has 0 unspecified atom stereocenters. The van der Waals surface area contributed by atoms with E-state index in [2.05, 4.69) is 28.6 Å². The summed E-state index contributed by atoms with van der Waals surface area (Å²) < 4.78 is 2.14. The Morgan fingerprint density at radius 3 is 2.35 bits per heavy atom. The number of hydrogen-bond donors (Lipinski definition) is 2. The lowest BCUT2D eigenvalue weighted by atomic mass is 9.97. The lowest BCUT2D eigenvalue weighted by Gasteiger charge is -2.12. The number of fused-ring (bicyclic) bond motifs is 1. The number of carboxylic acid groups (broad SMARTS) is 1. The molecule has 0 aliphatic rings. The fraction of sp³-hybridized carbons (Fsp3) is 0.200. The van der Waals surface area contributed by atoms with Gasteiger partial charge in [-0.05, 0) is 28.7 Å². The Morgan fingerprint density at radius 2 is 1.62 bits per heavy atom. The van der Waals surface area contributed by atoms with Crippen molar-refractivity contribution in [1.29, 1.82) is 0 Å². The molecule has 0 radical (unpaired) electrons. The third-order valence-corrected chi connectivity index (χ3v) is 6.45. The highest BCUT2D eigenvalue weighted by molar-refractivity contribution is 5.84. The quantitative estimate of drug-likeness (QED) is 0.271. The summed E-state index contributed by atoms with van der Waals surface area (Å²) in [6.45, 7) is 2.76. The van der Waals surface area contributed by atoms with Gasteiger partial charge in [0.2, 0.25) is 0 Å². The van der Waals surface area contributed by atoms with Gasteiger partial charge in [-0.1, -0.05) is 92.2 Å². The predicted molar refractivity (Wildman–Crippen MR) is 146 cm³/mol. The summed E-state index contributed by atoms with van der Waals surface area (Å²) in [5, 5.41) is 9.28. The summed E-state index contributed by atoms with van der Waals surface area (Å²) in [6.07, 6.45) is 2.89. The van der Waals surface area contributed by atoms with Crippen molar-refractivity contribution in [3.63, 3.8) is 0 Å². The van der Waals surface area contributed by atoms with Crippen LogP contribution in [0.2, 0.25) is 0 Å². The van der Waals surface area contributed by atoms with Crippen LogP contribution in [0.5, 0.6) is 0 Å². The van der Waals surface area contributed by atoms with Crippen LogP contribution in [0, 0.1) is 0 Å². The molecule has 0 aliphatic heterocycles. The number of nitrogens with two attached hydrogens (primary N) is 1. The van der Waals surface area contributed by atoms with Gasteiger partial charge in [-0.3, -0.25) is 4.79 Å². The highest BCUT2D eigenvalue weighted by Gasteiger charge is 2.18. The van der Waals surface area contributed by atoms with Crippen LogP contribution >= 0.6 is 0 Å². The Bertz CT molecular complexity index is 1540. The average Bonchev–Trinajstić information content (AvgIpc) is 3.26. The molecular formula is C30H29N5O2. The van der Waals surface area contributed by atoms with Crippen LogP contribution in [0.1, 0.15) is 36.7 Å². The normalized spacial score (nSPS) is 11.2. The lowest BCUT2D eigenvalue weighted by molar-refractivity contribution is -0.136. The number of aliphatic carboxylic acids is 1. The Balaban J connectivity index is 1.52. The van der Waals surface area contributed by atoms with Crippen LogP contribution in [0.25, 0.3) is 33.7 Å². The smallest absolute Gasteiger partial charge is 0.307 e. The van der Waals surface area contributed by atoms with E-state index in [-0.39, 0.29) is 6.42 Å². The zero-order valence-corrected chi connectivity index (χ0v) is 20.8. The molecule has 186 valence electrons. The first kappa shape index (κ1) is 24.2. The van der Waals surface area contributed by atoms with E-state index >= 15 is 0 Å². The number of hydrogen-bond acceptors (Lipinski definition) is 5. The molecule has 7 heteroatoms. The van der Waals surface area contributed by atoms with Crippen molar-refractivity contribution in [2.24, 2.45) is 0 Å². The minimum Gasteiger partial charge on any atom is -0.481 e. The van der Waals surface area contributed by atoms with Gasteiger partial charge in [0.05, 0.1) is 13.0 Å². The molecule has 3 N–H and O–H groups in total. The number of unbranched alkanes of at least 4 members (excludes halogenated alkanes) is 1. The summed E-state index contributed by atoms with van der Waals surface area (Å²) in [5.74, 6) is 1.07. The maximum Gasteiger partial charge on any atom is 0.307 e. The van der Waals surface area contributed by atoms with E-state index in [1.54, 1.807) is 0 Å². The highest BCUT2D eigenvalue weighted by atomic mass is 16.4. The molecule has 0 atom stereocenters. The van der Waals surface area contributed by atoms with E-state index in [0.29, 0.717) is 23.7 Å². The van der Waals surface area contributed by atoms with Gasteiger partial charge < -0.3 is 15.4 Å².